The third kappa shape index (κ3) is 7.45. The highest BCUT2D eigenvalue weighted by molar-refractivity contribution is 5.95. The number of hydrogen-bond donors (Lipinski definition) is 2. The summed E-state index contributed by atoms with van der Waals surface area (Å²) in [6, 6.07) is 21.1. The maximum atomic E-state index is 12.6. The van der Waals surface area contributed by atoms with Crippen LogP contribution in [0, 0.1) is 13.8 Å². The van der Waals surface area contributed by atoms with Gasteiger partial charge in [-0.25, -0.2) is 9.59 Å². The number of amides is 2. The fourth-order valence-corrected chi connectivity index (χ4v) is 4.76. The second-order valence-corrected chi connectivity index (χ2v) is 9.75. The molecule has 3 aromatic carbocycles. The van der Waals surface area contributed by atoms with Gasteiger partial charge in [-0.05, 0) is 61.6 Å². The van der Waals surface area contributed by atoms with Gasteiger partial charge in [-0.15, -0.1) is 0 Å². The minimum absolute atomic E-state index is 0.0850. The second kappa shape index (κ2) is 13.1. The van der Waals surface area contributed by atoms with E-state index in [0.29, 0.717) is 42.7 Å². The van der Waals surface area contributed by atoms with E-state index in [4.69, 9.17) is 9.47 Å². The molecule has 39 heavy (non-hydrogen) atoms. The fourth-order valence-electron chi connectivity index (χ4n) is 4.76. The smallest absolute Gasteiger partial charge is 0.411 e. The largest absolute Gasteiger partial charge is 0.465 e. The Balaban J connectivity index is 1.21. The molecule has 2 amide bonds. The van der Waals surface area contributed by atoms with Gasteiger partial charge >= 0.3 is 12.1 Å². The van der Waals surface area contributed by atoms with E-state index in [0.717, 1.165) is 35.3 Å². The van der Waals surface area contributed by atoms with Crippen LogP contribution in [-0.4, -0.2) is 55.7 Å². The van der Waals surface area contributed by atoms with Crippen molar-refractivity contribution < 1.29 is 23.9 Å². The predicted octanol–water partition coefficient (Wildman–Crippen LogP) is 5.80. The topological polar surface area (TPSA) is 97.0 Å². The molecule has 0 bridgehead atoms. The number of carbonyl (C=O) groups is 3. The van der Waals surface area contributed by atoms with Crippen molar-refractivity contribution in [1.82, 2.24) is 4.90 Å². The Morgan fingerprint density at radius 1 is 0.872 bits per heavy atom. The SMILES string of the molecule is COC(=O)c1cc(C)c(NC(=O)CCN2CCC(OC(=O)Nc3ccccc3-c3ccccc3)CC2)cc1C. The fraction of sp³-hybridized carbons (Fsp3) is 0.323. The van der Waals surface area contributed by atoms with Gasteiger partial charge in [0.1, 0.15) is 6.10 Å². The van der Waals surface area contributed by atoms with Gasteiger partial charge in [0.25, 0.3) is 0 Å². The van der Waals surface area contributed by atoms with E-state index in [1.807, 2.05) is 68.4 Å². The van der Waals surface area contributed by atoms with Gasteiger partial charge in [-0.2, -0.15) is 0 Å². The predicted molar refractivity (Wildman–Crippen MR) is 152 cm³/mol. The maximum Gasteiger partial charge on any atom is 0.411 e. The zero-order valence-electron chi connectivity index (χ0n) is 22.7. The molecule has 0 saturated carbocycles. The number of rotatable bonds is 8. The lowest BCUT2D eigenvalue weighted by molar-refractivity contribution is -0.116. The minimum atomic E-state index is -0.458. The lowest BCUT2D eigenvalue weighted by Crippen LogP contribution is -2.39. The third-order valence-corrected chi connectivity index (χ3v) is 6.96. The number of aryl methyl sites for hydroxylation is 2. The highest BCUT2D eigenvalue weighted by Gasteiger charge is 2.23. The second-order valence-electron chi connectivity index (χ2n) is 9.75. The van der Waals surface area contributed by atoms with Crippen LogP contribution in [0.25, 0.3) is 11.1 Å². The van der Waals surface area contributed by atoms with Crippen molar-refractivity contribution in [2.75, 3.05) is 37.4 Å². The average molecular weight is 530 g/mol. The standard InChI is InChI=1S/C31H35N3O5/c1-21-20-28(22(2)19-26(21)30(36)38-3)32-29(35)15-18-34-16-13-24(14-17-34)39-31(37)33-27-12-8-7-11-25(27)23-9-5-4-6-10-23/h4-12,19-20,24H,13-18H2,1-3H3,(H,32,35)(H,33,37). The number of hydrogen-bond acceptors (Lipinski definition) is 6. The molecule has 0 aliphatic carbocycles. The van der Waals surface area contributed by atoms with E-state index < -0.39 is 12.1 Å². The summed E-state index contributed by atoms with van der Waals surface area (Å²) in [6.45, 7) is 5.78. The van der Waals surface area contributed by atoms with Crippen LogP contribution in [0.1, 0.15) is 40.7 Å². The number of likely N-dealkylation sites (tertiary alicyclic amines) is 1. The van der Waals surface area contributed by atoms with Crippen molar-refractivity contribution >= 4 is 29.3 Å². The molecule has 0 atom stereocenters. The number of esters is 1. The van der Waals surface area contributed by atoms with Crippen molar-refractivity contribution in [3.05, 3.63) is 83.4 Å². The summed E-state index contributed by atoms with van der Waals surface area (Å²) in [6.07, 6.45) is 1.14. The molecule has 1 aliphatic heterocycles. The Bertz CT molecular complexity index is 1320. The number of anilines is 2. The van der Waals surface area contributed by atoms with Crippen LogP contribution in [0.4, 0.5) is 16.2 Å². The first-order valence-electron chi connectivity index (χ1n) is 13.2. The van der Waals surface area contributed by atoms with E-state index >= 15 is 0 Å². The highest BCUT2D eigenvalue weighted by Crippen LogP contribution is 2.28. The number of methoxy groups -OCH3 is 1. The molecule has 204 valence electrons. The quantitative estimate of drug-likeness (QED) is 0.358. The molecule has 8 heteroatoms. The Hall–Kier alpha value is -4.17. The number of nitrogens with one attached hydrogen (secondary N) is 2. The number of carbonyl (C=O) groups excluding carboxylic acids is 3. The molecule has 1 saturated heterocycles. The lowest BCUT2D eigenvalue weighted by Gasteiger charge is -2.31. The first-order valence-corrected chi connectivity index (χ1v) is 13.2. The molecule has 0 radical (unpaired) electrons. The van der Waals surface area contributed by atoms with Gasteiger partial charge in [0.15, 0.2) is 0 Å². The van der Waals surface area contributed by atoms with Crippen LogP contribution in [0.5, 0.6) is 0 Å². The van der Waals surface area contributed by atoms with Crippen LogP contribution in [0.3, 0.4) is 0 Å². The number of piperidine rings is 1. The molecule has 4 rings (SSSR count). The molecule has 3 aromatic rings. The summed E-state index contributed by atoms with van der Waals surface area (Å²) >= 11 is 0. The molecule has 2 N–H and O–H groups in total. The monoisotopic (exact) mass is 529 g/mol. The van der Waals surface area contributed by atoms with Crippen molar-refractivity contribution in [2.45, 2.75) is 39.2 Å². The summed E-state index contributed by atoms with van der Waals surface area (Å²) in [5, 5.41) is 5.85. The molecule has 0 aromatic heterocycles. The maximum absolute atomic E-state index is 12.6. The summed E-state index contributed by atoms with van der Waals surface area (Å²) in [4.78, 5) is 39.3. The first-order chi connectivity index (χ1) is 18.8. The van der Waals surface area contributed by atoms with Gasteiger partial charge in [-0.3, -0.25) is 10.1 Å². The minimum Gasteiger partial charge on any atom is -0.465 e. The Morgan fingerprint density at radius 3 is 2.28 bits per heavy atom. The van der Waals surface area contributed by atoms with E-state index in [2.05, 4.69) is 15.5 Å². The number of para-hydroxylation sites is 1. The summed E-state index contributed by atoms with van der Waals surface area (Å²) in [7, 11) is 1.35. The Morgan fingerprint density at radius 2 is 1.56 bits per heavy atom. The van der Waals surface area contributed by atoms with E-state index in [1.54, 1.807) is 12.1 Å². The molecular formula is C31H35N3O5. The highest BCUT2D eigenvalue weighted by atomic mass is 16.6. The van der Waals surface area contributed by atoms with Crippen molar-refractivity contribution in [1.29, 1.82) is 0 Å². The van der Waals surface area contributed by atoms with Gasteiger partial charge in [0.2, 0.25) is 5.91 Å². The molecule has 1 fully saturated rings. The zero-order chi connectivity index (χ0) is 27.8. The van der Waals surface area contributed by atoms with Gasteiger partial charge in [0, 0.05) is 37.3 Å². The van der Waals surface area contributed by atoms with E-state index in [1.165, 1.54) is 7.11 Å². The van der Waals surface area contributed by atoms with E-state index in [9.17, 15) is 14.4 Å². The number of ether oxygens (including phenoxy) is 2. The molecule has 1 aliphatic rings. The summed E-state index contributed by atoms with van der Waals surface area (Å²) in [5.41, 5.74) is 5.41. The van der Waals surface area contributed by atoms with Gasteiger partial charge in [-0.1, -0.05) is 48.5 Å². The zero-order valence-corrected chi connectivity index (χ0v) is 22.7. The molecule has 1 heterocycles. The summed E-state index contributed by atoms with van der Waals surface area (Å²) < 4.78 is 10.5. The van der Waals surface area contributed by atoms with Crippen molar-refractivity contribution in [3.8, 4) is 11.1 Å². The molecule has 0 unspecified atom stereocenters. The van der Waals surface area contributed by atoms with Crippen LogP contribution in [0.2, 0.25) is 0 Å². The normalized spacial score (nSPS) is 13.9. The number of nitrogens with zero attached hydrogens (tertiary/aromatic N) is 1. The molecule has 8 nitrogen and oxygen atoms in total. The van der Waals surface area contributed by atoms with Gasteiger partial charge < -0.3 is 19.7 Å². The van der Waals surface area contributed by atoms with Crippen molar-refractivity contribution in [3.63, 3.8) is 0 Å². The van der Waals surface area contributed by atoms with Crippen LogP contribution in [-0.2, 0) is 14.3 Å². The Labute approximate surface area is 229 Å². The van der Waals surface area contributed by atoms with Crippen LogP contribution in [0.15, 0.2) is 66.7 Å². The van der Waals surface area contributed by atoms with Gasteiger partial charge in [0.05, 0.1) is 18.4 Å². The Kier molecular flexibility index (Phi) is 9.33. The van der Waals surface area contributed by atoms with Crippen LogP contribution >= 0.6 is 0 Å². The first kappa shape index (κ1) is 27.9. The molecular weight excluding hydrogens is 494 g/mol. The average Bonchev–Trinajstić information content (AvgIpc) is 2.94. The third-order valence-electron chi connectivity index (χ3n) is 6.96. The number of benzene rings is 3. The van der Waals surface area contributed by atoms with Crippen molar-refractivity contribution in [2.24, 2.45) is 0 Å². The lowest BCUT2D eigenvalue weighted by atomic mass is 10.0. The van der Waals surface area contributed by atoms with Crippen LogP contribution < -0.4 is 10.6 Å². The van der Waals surface area contributed by atoms with E-state index in [-0.39, 0.29) is 12.0 Å². The molecule has 0 spiro atoms. The summed E-state index contributed by atoms with van der Waals surface area (Å²) in [5.74, 6) is -0.478.